The van der Waals surface area contributed by atoms with Crippen molar-refractivity contribution >= 4 is 129 Å². The van der Waals surface area contributed by atoms with Crippen LogP contribution in [0.4, 0.5) is 30.6 Å². The number of alkyl halides is 1. The Labute approximate surface area is 472 Å². The summed E-state index contributed by atoms with van der Waals surface area (Å²) in [5, 5.41) is 12.9. The normalized spacial score (nSPS) is 21.2. The van der Waals surface area contributed by atoms with E-state index in [1.54, 1.807) is 41.3 Å². The lowest BCUT2D eigenvalue weighted by Crippen LogP contribution is -2.46. The molecule has 0 saturated carbocycles. The average molecular weight is 1170 g/mol. The van der Waals surface area contributed by atoms with Crippen LogP contribution in [0.2, 0.25) is 0 Å². The number of benzene rings is 4. The maximum Gasteiger partial charge on any atom is 0.418 e. The van der Waals surface area contributed by atoms with Crippen molar-refractivity contribution in [2.24, 2.45) is 0 Å². The van der Waals surface area contributed by atoms with E-state index >= 15 is 0 Å². The molecule has 4 atom stereocenters. The molecule has 0 bridgehead atoms. The largest absolute Gasteiger partial charge is 0.427 e. The summed E-state index contributed by atoms with van der Waals surface area (Å²) < 4.78 is 10.9. The van der Waals surface area contributed by atoms with E-state index in [0.717, 1.165) is 53.8 Å². The van der Waals surface area contributed by atoms with Crippen molar-refractivity contribution in [2.45, 2.75) is 102 Å². The summed E-state index contributed by atoms with van der Waals surface area (Å²) in [4.78, 5) is 102. The predicted molar refractivity (Wildman–Crippen MR) is 307 cm³/mol. The molecule has 0 unspecified atom stereocenters. The molecule has 4 aromatic rings. The Morgan fingerprint density at radius 1 is 0.613 bits per heavy atom. The van der Waals surface area contributed by atoms with Crippen molar-refractivity contribution in [1.82, 2.24) is 30.7 Å². The molecule has 75 heavy (non-hydrogen) atoms. The zero-order valence-electron chi connectivity index (χ0n) is 42.0. The summed E-state index contributed by atoms with van der Waals surface area (Å²) in [7, 11) is 3.05. The van der Waals surface area contributed by atoms with Crippen LogP contribution in [-0.4, -0.2) is 101 Å². The van der Waals surface area contributed by atoms with E-state index in [0.29, 0.717) is 66.1 Å². The molecular weight excluding hydrogens is 1100 g/mol. The van der Waals surface area contributed by atoms with Gasteiger partial charge in [-0.1, -0.05) is 76.6 Å². The second-order valence-electron chi connectivity index (χ2n) is 18.4. The van der Waals surface area contributed by atoms with E-state index in [-0.39, 0.29) is 90.4 Å². The van der Waals surface area contributed by atoms with Crippen molar-refractivity contribution in [3.63, 3.8) is 0 Å². The van der Waals surface area contributed by atoms with Gasteiger partial charge in [0.25, 0.3) is 11.8 Å². The van der Waals surface area contributed by atoms with Gasteiger partial charge >= 0.3 is 24.2 Å². The molecule has 10 rings (SSSR count). The van der Waals surface area contributed by atoms with Gasteiger partial charge in [-0.05, 0) is 110 Å². The summed E-state index contributed by atoms with van der Waals surface area (Å²) in [6.45, 7) is 4.97. The number of hydrogen-bond acceptors (Lipinski definition) is 10. The van der Waals surface area contributed by atoms with E-state index < -0.39 is 35.2 Å². The van der Waals surface area contributed by atoms with Gasteiger partial charge in [-0.15, -0.1) is 0 Å². The average Bonchev–Trinajstić information content (AvgIpc) is 4.00. The van der Waals surface area contributed by atoms with Crippen LogP contribution in [0.15, 0.2) is 84.9 Å². The Bertz CT molecular complexity index is 2830. The predicted octanol–water partition coefficient (Wildman–Crippen LogP) is 6.96. The Morgan fingerprint density at radius 2 is 1.07 bits per heavy atom. The minimum Gasteiger partial charge on any atom is -0.427 e. The zero-order chi connectivity index (χ0) is 50.6. The van der Waals surface area contributed by atoms with Crippen LogP contribution in [-0.2, 0) is 78.6 Å². The minimum absolute atomic E-state index is 0. The van der Waals surface area contributed by atoms with Crippen LogP contribution < -0.4 is 26.6 Å². The first-order valence-corrected chi connectivity index (χ1v) is 24.8. The Balaban J connectivity index is 0.000000259. The number of ether oxygens (including phenoxy) is 2. The fraction of sp³-hybridized carbons (Fsp3) is 0.385. The molecule has 5 N–H and O–H groups in total. The third kappa shape index (κ3) is 12.9. The molecule has 2 spiro atoms. The van der Waals surface area contributed by atoms with E-state index in [1.807, 2.05) is 36.1 Å². The number of hydrogen-bond donors (Lipinski definition) is 5. The first-order chi connectivity index (χ1) is 34.1. The molecule has 0 aromatic heterocycles. The van der Waals surface area contributed by atoms with E-state index in [1.165, 1.54) is 30.8 Å². The highest BCUT2D eigenvalue weighted by Gasteiger charge is 2.59. The second kappa shape index (κ2) is 26.3. The van der Waals surface area contributed by atoms with Crippen molar-refractivity contribution in [3.05, 3.63) is 129 Å². The molecule has 404 valence electrons. The quantitative estimate of drug-likeness (QED) is 0.129. The van der Waals surface area contributed by atoms with Gasteiger partial charge in [0.1, 0.15) is 6.54 Å². The second-order valence-corrected chi connectivity index (χ2v) is 19.0. The van der Waals surface area contributed by atoms with Gasteiger partial charge in [0.2, 0.25) is 23.0 Å². The number of alkyl carbamates (subject to hydrolysis) is 1. The fourth-order valence-corrected chi connectivity index (χ4v) is 10.5. The number of fused-ring (bicyclic) bond motifs is 6. The number of nitrogens with one attached hydrogen (secondary N) is 5. The summed E-state index contributed by atoms with van der Waals surface area (Å²) in [5.74, 6) is -1.03. The first-order valence-electron chi connectivity index (χ1n) is 23.7. The molecule has 4 aliphatic heterocycles. The van der Waals surface area contributed by atoms with Gasteiger partial charge in [0, 0.05) is 74.6 Å². The third-order valence-corrected chi connectivity index (χ3v) is 14.6. The molecule has 4 heterocycles. The highest BCUT2D eigenvalue weighted by Crippen LogP contribution is 2.46. The maximum absolute atomic E-state index is 13.5. The molecule has 18 nitrogen and oxygen atoms in total. The van der Waals surface area contributed by atoms with Crippen LogP contribution in [0.5, 0.6) is 0 Å². The topological polar surface area (TPSA) is 225 Å². The Kier molecular flexibility index (Phi) is 21.6. The van der Waals surface area contributed by atoms with Gasteiger partial charge in [0.05, 0.1) is 5.33 Å². The summed E-state index contributed by atoms with van der Waals surface area (Å²) >= 11 is 3.25. The lowest BCUT2D eigenvalue weighted by atomic mass is 9.94. The molecule has 2 aliphatic carbocycles. The Morgan fingerprint density at radius 3 is 1.52 bits per heavy atom. The highest BCUT2D eigenvalue weighted by molar-refractivity contribution is 9.09. The SMILES string of the molecule is CNC(=O)Nc1ccc2c(c1)CC[C@]21OC(=O)N(CC(=O)N2Cc3ccccc3CC[C@@H]2C)C1=O.CNC(=O)Nc1ccc2c(c1)CC[C@]21OC(=O)NC1=O.C[C@H]1CCc2ccccc2CN1C(=O)CBr.S.S.S.S. The number of amides is 10. The number of carbonyl (C=O) groups excluding carboxylic acids is 8. The number of urea groups is 2. The highest BCUT2D eigenvalue weighted by atomic mass is 79.9. The van der Waals surface area contributed by atoms with Crippen LogP contribution in [0, 0.1) is 0 Å². The molecule has 4 aromatic carbocycles. The number of rotatable bonds is 5. The zero-order valence-corrected chi connectivity index (χ0v) is 47.6. The van der Waals surface area contributed by atoms with Gasteiger partial charge in [-0.2, -0.15) is 54.0 Å². The van der Waals surface area contributed by atoms with Crippen molar-refractivity contribution in [2.75, 3.05) is 36.6 Å². The van der Waals surface area contributed by atoms with Crippen molar-refractivity contribution in [3.8, 4) is 0 Å². The molecule has 0 radical (unpaired) electrons. The number of carbonyl (C=O) groups is 8. The molecule has 23 heteroatoms. The third-order valence-electron chi connectivity index (χ3n) is 14.2. The van der Waals surface area contributed by atoms with Crippen LogP contribution in [0.25, 0.3) is 0 Å². The van der Waals surface area contributed by atoms with Gasteiger partial charge < -0.3 is 40.5 Å². The van der Waals surface area contributed by atoms with Crippen LogP contribution in [0.1, 0.15) is 84.0 Å². The Hall–Kier alpha value is -5.88. The van der Waals surface area contributed by atoms with Crippen molar-refractivity contribution in [1.29, 1.82) is 0 Å². The van der Waals surface area contributed by atoms with E-state index in [9.17, 15) is 38.4 Å². The first kappa shape index (κ1) is 61.7. The molecule has 2 fully saturated rings. The summed E-state index contributed by atoms with van der Waals surface area (Å²) in [6.07, 6.45) is 4.14. The maximum atomic E-state index is 13.5. The van der Waals surface area contributed by atoms with Crippen LogP contribution >= 0.6 is 69.9 Å². The molecule has 6 aliphatic rings. The van der Waals surface area contributed by atoms with Gasteiger partial charge in [-0.25, -0.2) is 24.1 Å². The van der Waals surface area contributed by atoms with Gasteiger partial charge in [0.15, 0.2) is 0 Å². The number of anilines is 2. The lowest BCUT2D eigenvalue weighted by molar-refractivity contribution is -0.143. The minimum atomic E-state index is -1.42. The van der Waals surface area contributed by atoms with E-state index in [4.69, 9.17) is 9.47 Å². The summed E-state index contributed by atoms with van der Waals surface area (Å²) in [5.41, 5.74) is 6.58. The molecule has 10 amide bonds. The smallest absolute Gasteiger partial charge is 0.418 e. The molecule has 2 saturated heterocycles. The van der Waals surface area contributed by atoms with Crippen molar-refractivity contribution < 1.29 is 47.8 Å². The molecular formula is C52H65BrN8O10S4. The number of imide groups is 2. The number of nitrogens with zero attached hydrogens (tertiary/aromatic N) is 3. The standard InChI is InChI=1S/C26H28N4O5.C13H16BrNO.C13H13N3O4.4H2S/c1-16-7-8-17-5-3-4-6-19(17)14-29(16)22(31)15-30-23(32)26(35-25(30)34)12-11-18-13-20(9-10-21(18)26)28-24(33)27-2;1-10-6-7-11-4-2-3-5-12(11)9-15(10)13(16)8-14;1-14-11(18)15-8-2-3-9-7(6-8)4-5-13(9)10(17)16-12(19)20-13;;;;/h3-6,9-10,13,16H,7-8,11-12,14-15H2,1-2H3,(H2,27,28,33);2-5,10H,6-9H2,1H3;2-3,6H,4-5H2,1H3,(H2,14,15,18)(H,16,17,19);4*1H2/t16-,26-;10-;13-;;;;/m000..../s1. The van der Waals surface area contributed by atoms with Crippen LogP contribution in [0.3, 0.4) is 0 Å². The number of halogens is 1. The number of aryl methyl sites for hydroxylation is 4. The van der Waals surface area contributed by atoms with E-state index in [2.05, 4.69) is 73.7 Å². The van der Waals surface area contributed by atoms with Gasteiger partial charge in [-0.3, -0.25) is 24.5 Å². The summed E-state index contributed by atoms with van der Waals surface area (Å²) in [6, 6.07) is 26.5. The fourth-order valence-electron chi connectivity index (χ4n) is 10.2. The lowest BCUT2D eigenvalue weighted by Gasteiger charge is -2.28. The monoisotopic (exact) mass is 1170 g/mol.